The number of rotatable bonds is 0. The second kappa shape index (κ2) is 2.99. The van der Waals surface area contributed by atoms with E-state index >= 15 is 0 Å². The van der Waals surface area contributed by atoms with Crippen LogP contribution in [0.3, 0.4) is 0 Å². The molecule has 0 saturated carbocycles. The fourth-order valence-corrected chi connectivity index (χ4v) is 2.37. The molecule has 0 spiro atoms. The first kappa shape index (κ1) is 8.78. The van der Waals surface area contributed by atoms with E-state index < -0.39 is 0 Å². The van der Waals surface area contributed by atoms with Crippen LogP contribution in [-0.2, 0) is 0 Å². The number of hydrogen-bond donors (Lipinski definition) is 0. The maximum atomic E-state index is 5.85. The van der Waals surface area contributed by atoms with Gasteiger partial charge in [0.25, 0.3) is 0 Å². The molecule has 3 rings (SSSR count). The molecule has 1 nitrogen and oxygen atoms in total. The Morgan fingerprint density at radius 2 is 2.20 bits per heavy atom. The van der Waals surface area contributed by atoms with Crippen LogP contribution >= 0.6 is 0 Å². The van der Waals surface area contributed by atoms with Crippen LogP contribution in [0.1, 0.15) is 36.1 Å². The highest BCUT2D eigenvalue weighted by Gasteiger charge is 2.19. The molecule has 0 amide bonds. The highest BCUT2D eigenvalue weighted by molar-refractivity contribution is 5.86. The zero-order valence-electron chi connectivity index (χ0n) is 9.08. The van der Waals surface area contributed by atoms with Gasteiger partial charge >= 0.3 is 0 Å². The van der Waals surface area contributed by atoms with E-state index in [1.54, 1.807) is 0 Å². The van der Waals surface area contributed by atoms with E-state index in [-0.39, 0.29) is 0 Å². The summed E-state index contributed by atoms with van der Waals surface area (Å²) in [5.41, 5.74) is 3.66. The first-order valence-corrected chi connectivity index (χ1v) is 5.45. The van der Waals surface area contributed by atoms with Gasteiger partial charge in [0, 0.05) is 10.9 Å². The molecule has 1 aliphatic carbocycles. The molecule has 2 aromatic rings. The van der Waals surface area contributed by atoms with Crippen molar-refractivity contribution in [3.63, 3.8) is 0 Å². The maximum Gasteiger partial charge on any atom is 0.135 e. The van der Waals surface area contributed by atoms with Crippen LogP contribution in [0.4, 0.5) is 0 Å². The second-order valence-corrected chi connectivity index (χ2v) is 4.42. The molecule has 1 heterocycles. The summed E-state index contributed by atoms with van der Waals surface area (Å²) in [6.45, 7) is 4.36. The lowest BCUT2D eigenvalue weighted by atomic mass is 9.91. The van der Waals surface area contributed by atoms with Gasteiger partial charge in [-0.2, -0.15) is 0 Å². The Labute approximate surface area is 89.4 Å². The van der Waals surface area contributed by atoms with Crippen LogP contribution in [0.15, 0.2) is 28.7 Å². The zero-order valence-corrected chi connectivity index (χ0v) is 9.08. The van der Waals surface area contributed by atoms with E-state index in [0.29, 0.717) is 5.92 Å². The third-order valence-electron chi connectivity index (χ3n) is 3.16. The predicted octanol–water partition coefficient (Wildman–Crippen LogP) is 4.26. The summed E-state index contributed by atoms with van der Waals surface area (Å²) in [6, 6.07) is 6.46. The van der Waals surface area contributed by atoms with Gasteiger partial charge in [-0.3, -0.25) is 0 Å². The molecule has 1 heteroatoms. The van der Waals surface area contributed by atoms with Gasteiger partial charge in [-0.1, -0.05) is 25.1 Å². The van der Waals surface area contributed by atoms with Gasteiger partial charge in [0.1, 0.15) is 11.3 Å². The fraction of sp³-hybridized carbons (Fsp3) is 0.286. The van der Waals surface area contributed by atoms with Crippen LogP contribution in [0.5, 0.6) is 0 Å². The Bertz CT molecular complexity index is 546. The molecule has 76 valence electrons. The van der Waals surface area contributed by atoms with Crippen LogP contribution in [0.25, 0.3) is 17.0 Å². The van der Waals surface area contributed by atoms with Crippen LogP contribution in [0.2, 0.25) is 0 Å². The van der Waals surface area contributed by atoms with Crippen molar-refractivity contribution in [1.82, 2.24) is 0 Å². The van der Waals surface area contributed by atoms with Crippen molar-refractivity contribution in [3.8, 4) is 0 Å². The number of furan rings is 1. The first-order valence-electron chi connectivity index (χ1n) is 5.45. The quantitative estimate of drug-likeness (QED) is 0.616. The Kier molecular flexibility index (Phi) is 1.75. The molecule has 1 aromatic carbocycles. The Balaban J connectivity index is 2.37. The molecular formula is C14H14O. The summed E-state index contributed by atoms with van der Waals surface area (Å²) in [6.07, 6.45) is 5.42. The number of fused-ring (bicyclic) bond motifs is 3. The van der Waals surface area contributed by atoms with Crippen molar-refractivity contribution in [2.24, 2.45) is 0 Å². The topological polar surface area (TPSA) is 13.1 Å². The Morgan fingerprint density at radius 3 is 3.07 bits per heavy atom. The zero-order chi connectivity index (χ0) is 10.4. The fourth-order valence-electron chi connectivity index (χ4n) is 2.37. The van der Waals surface area contributed by atoms with Crippen molar-refractivity contribution in [2.75, 3.05) is 0 Å². The van der Waals surface area contributed by atoms with Gasteiger partial charge in [-0.05, 0) is 37.0 Å². The second-order valence-electron chi connectivity index (χ2n) is 4.42. The highest BCUT2D eigenvalue weighted by Crippen LogP contribution is 2.37. The van der Waals surface area contributed by atoms with Crippen molar-refractivity contribution in [3.05, 3.63) is 41.2 Å². The van der Waals surface area contributed by atoms with E-state index in [1.165, 1.54) is 16.5 Å². The first-order chi connectivity index (χ1) is 7.25. The number of aryl methyl sites for hydroxylation is 1. The van der Waals surface area contributed by atoms with Crippen molar-refractivity contribution >= 4 is 17.0 Å². The molecular weight excluding hydrogens is 184 g/mol. The standard InChI is InChI=1S/C14H14O/c1-9-6-7-11-13(8-9)15-12-5-3-4-10(2)14(11)12/h3,5-8,10H,4H2,1-2H3. The number of benzene rings is 1. The summed E-state index contributed by atoms with van der Waals surface area (Å²) in [5, 5.41) is 1.28. The minimum Gasteiger partial charge on any atom is -0.456 e. The summed E-state index contributed by atoms with van der Waals surface area (Å²) < 4.78 is 5.85. The van der Waals surface area contributed by atoms with Crippen LogP contribution in [0, 0.1) is 6.92 Å². The minimum absolute atomic E-state index is 0.578. The lowest BCUT2D eigenvalue weighted by Gasteiger charge is -2.12. The molecule has 0 bridgehead atoms. The Hall–Kier alpha value is -1.50. The average Bonchev–Trinajstić information content (AvgIpc) is 2.56. The van der Waals surface area contributed by atoms with Crippen LogP contribution in [-0.4, -0.2) is 0 Å². The SMILES string of the molecule is Cc1ccc2c3c(oc2c1)C=CCC3C. The largest absolute Gasteiger partial charge is 0.456 e. The van der Waals surface area contributed by atoms with Crippen molar-refractivity contribution < 1.29 is 4.42 Å². The molecule has 1 atom stereocenters. The Morgan fingerprint density at radius 1 is 1.33 bits per heavy atom. The normalized spacial score (nSPS) is 19.5. The number of allylic oxidation sites excluding steroid dienone is 1. The van der Waals surface area contributed by atoms with E-state index in [4.69, 9.17) is 4.42 Å². The molecule has 15 heavy (non-hydrogen) atoms. The summed E-state index contributed by atoms with van der Waals surface area (Å²) in [7, 11) is 0. The smallest absolute Gasteiger partial charge is 0.135 e. The van der Waals surface area contributed by atoms with Crippen molar-refractivity contribution in [1.29, 1.82) is 0 Å². The third-order valence-corrected chi connectivity index (χ3v) is 3.16. The molecule has 0 radical (unpaired) electrons. The van der Waals surface area contributed by atoms with E-state index in [0.717, 1.165) is 17.8 Å². The summed E-state index contributed by atoms with van der Waals surface area (Å²) in [5.74, 6) is 1.63. The van der Waals surface area contributed by atoms with E-state index in [2.05, 4.69) is 44.2 Å². The van der Waals surface area contributed by atoms with Gasteiger partial charge in [0.05, 0.1) is 0 Å². The summed E-state index contributed by atoms with van der Waals surface area (Å²) >= 11 is 0. The molecule has 1 unspecified atom stereocenters. The van der Waals surface area contributed by atoms with E-state index in [1.807, 2.05) is 0 Å². The lowest BCUT2D eigenvalue weighted by Crippen LogP contribution is -1.96. The molecule has 0 fully saturated rings. The van der Waals surface area contributed by atoms with Crippen LogP contribution < -0.4 is 0 Å². The van der Waals surface area contributed by atoms with Gasteiger partial charge < -0.3 is 4.42 Å². The van der Waals surface area contributed by atoms with Gasteiger partial charge in [-0.25, -0.2) is 0 Å². The van der Waals surface area contributed by atoms with Gasteiger partial charge in [0.15, 0.2) is 0 Å². The van der Waals surface area contributed by atoms with E-state index in [9.17, 15) is 0 Å². The lowest BCUT2D eigenvalue weighted by molar-refractivity contribution is 0.586. The predicted molar refractivity (Wildman–Crippen MR) is 63.0 cm³/mol. The molecule has 0 N–H and O–H groups in total. The molecule has 0 saturated heterocycles. The average molecular weight is 198 g/mol. The highest BCUT2D eigenvalue weighted by atomic mass is 16.3. The van der Waals surface area contributed by atoms with Gasteiger partial charge in [0.2, 0.25) is 0 Å². The minimum atomic E-state index is 0.578. The maximum absolute atomic E-state index is 5.85. The molecule has 1 aliphatic rings. The summed E-state index contributed by atoms with van der Waals surface area (Å²) in [4.78, 5) is 0. The third kappa shape index (κ3) is 1.23. The molecule has 0 aliphatic heterocycles. The monoisotopic (exact) mass is 198 g/mol. The van der Waals surface area contributed by atoms with Crippen molar-refractivity contribution in [2.45, 2.75) is 26.2 Å². The molecule has 1 aromatic heterocycles. The van der Waals surface area contributed by atoms with Gasteiger partial charge in [-0.15, -0.1) is 0 Å². The number of hydrogen-bond acceptors (Lipinski definition) is 1.